The number of nitrogens with one attached hydrogen (secondary N) is 2. The topological polar surface area (TPSA) is 109 Å². The molecule has 0 radical (unpaired) electrons. The number of urea groups is 1. The van der Waals surface area contributed by atoms with Gasteiger partial charge in [-0.2, -0.15) is 0 Å². The zero-order chi connectivity index (χ0) is 23.0. The van der Waals surface area contributed by atoms with Crippen molar-refractivity contribution in [2.45, 2.75) is 31.3 Å². The lowest BCUT2D eigenvalue weighted by Gasteiger charge is -2.52. The van der Waals surface area contributed by atoms with Crippen molar-refractivity contribution in [3.05, 3.63) is 30.5 Å². The van der Waals surface area contributed by atoms with Crippen LogP contribution >= 0.6 is 0 Å². The van der Waals surface area contributed by atoms with Crippen molar-refractivity contribution in [3.63, 3.8) is 0 Å². The third kappa shape index (κ3) is 3.79. The average Bonchev–Trinajstić information content (AvgIpc) is 2.85. The number of aromatic nitrogens is 2. The number of hydrogen-bond donors (Lipinski definition) is 2. The first-order chi connectivity index (χ1) is 16.0. The Hall–Kier alpha value is -3.24. The van der Waals surface area contributed by atoms with Crippen molar-refractivity contribution in [2.24, 2.45) is 0 Å². The van der Waals surface area contributed by atoms with Crippen molar-refractivity contribution < 1.29 is 19.1 Å². The van der Waals surface area contributed by atoms with E-state index in [9.17, 15) is 9.59 Å². The molecule has 5 rings (SSSR count). The van der Waals surface area contributed by atoms with Crippen LogP contribution in [0, 0.1) is 0 Å². The molecule has 0 spiro atoms. The summed E-state index contributed by atoms with van der Waals surface area (Å²) in [5, 5.41) is 5.27. The van der Waals surface area contributed by atoms with E-state index in [-0.39, 0.29) is 18.0 Å². The van der Waals surface area contributed by atoms with Gasteiger partial charge in [-0.05, 0) is 44.0 Å². The molecule has 3 aliphatic heterocycles. The molecular formula is C23H28N6O4. The molecule has 4 heterocycles. The van der Waals surface area contributed by atoms with E-state index in [2.05, 4.69) is 20.5 Å². The summed E-state index contributed by atoms with van der Waals surface area (Å²) < 4.78 is 11.3. The molecular weight excluding hydrogens is 424 g/mol. The molecule has 0 aliphatic carbocycles. The Morgan fingerprint density at radius 2 is 1.91 bits per heavy atom. The molecule has 0 unspecified atom stereocenters. The molecule has 33 heavy (non-hydrogen) atoms. The van der Waals surface area contributed by atoms with Gasteiger partial charge in [-0.25, -0.2) is 14.8 Å². The van der Waals surface area contributed by atoms with E-state index >= 15 is 0 Å². The van der Waals surface area contributed by atoms with E-state index in [1.807, 2.05) is 36.1 Å². The third-order valence-electron chi connectivity index (χ3n) is 6.57. The lowest BCUT2D eigenvalue weighted by Crippen LogP contribution is -2.69. The highest BCUT2D eigenvalue weighted by Gasteiger charge is 2.52. The Bertz CT molecular complexity index is 1060. The predicted molar refractivity (Wildman–Crippen MR) is 123 cm³/mol. The van der Waals surface area contributed by atoms with Crippen molar-refractivity contribution in [3.8, 4) is 11.4 Å². The number of rotatable bonds is 3. The zero-order valence-corrected chi connectivity index (χ0v) is 18.8. The summed E-state index contributed by atoms with van der Waals surface area (Å²) >= 11 is 0. The maximum Gasteiger partial charge on any atom is 0.318 e. The van der Waals surface area contributed by atoms with Crippen LogP contribution in [0.2, 0.25) is 0 Å². The van der Waals surface area contributed by atoms with Gasteiger partial charge in [0.2, 0.25) is 0 Å². The number of morpholine rings is 1. The summed E-state index contributed by atoms with van der Waals surface area (Å²) in [6.45, 7) is 4.65. The second-order valence-electron chi connectivity index (χ2n) is 8.68. The van der Waals surface area contributed by atoms with Crippen LogP contribution in [0.25, 0.3) is 11.4 Å². The minimum Gasteiger partial charge on any atom is -0.381 e. The number of amides is 3. The van der Waals surface area contributed by atoms with Gasteiger partial charge < -0.3 is 29.9 Å². The van der Waals surface area contributed by atoms with E-state index in [0.29, 0.717) is 44.5 Å². The number of carbonyl (C=O) groups excluding carboxylic acids is 2. The highest BCUT2D eigenvalue weighted by Crippen LogP contribution is 2.43. The first-order valence-electron chi connectivity index (χ1n) is 11.2. The Kier molecular flexibility index (Phi) is 5.63. The van der Waals surface area contributed by atoms with E-state index in [4.69, 9.17) is 14.5 Å². The van der Waals surface area contributed by atoms with Gasteiger partial charge in [0.1, 0.15) is 11.2 Å². The van der Waals surface area contributed by atoms with E-state index in [1.54, 1.807) is 13.2 Å². The number of nitrogens with zero attached hydrogens (tertiary/aromatic N) is 4. The van der Waals surface area contributed by atoms with Crippen LogP contribution in [0.15, 0.2) is 30.5 Å². The van der Waals surface area contributed by atoms with Gasteiger partial charge in [0.15, 0.2) is 11.6 Å². The molecule has 10 heteroatoms. The highest BCUT2D eigenvalue weighted by atomic mass is 16.5. The van der Waals surface area contributed by atoms with Crippen molar-refractivity contribution >= 4 is 29.1 Å². The van der Waals surface area contributed by atoms with E-state index < -0.39 is 5.54 Å². The number of ether oxygens (including phenoxy) is 2. The molecule has 2 saturated heterocycles. The SMILES string of the molecule is CNC(=O)Nc1ccc(-c2ncc3c(n2)N2CCOC[C@]2(C)C(=O)N3C2CCOCC2)cc1. The minimum absolute atomic E-state index is 0.0302. The summed E-state index contributed by atoms with van der Waals surface area (Å²) in [7, 11) is 1.57. The molecule has 2 N–H and O–H groups in total. The van der Waals surface area contributed by atoms with Gasteiger partial charge in [-0.3, -0.25) is 4.79 Å². The molecule has 2 aromatic rings. The lowest BCUT2D eigenvalue weighted by molar-refractivity contribution is -0.128. The van der Waals surface area contributed by atoms with Gasteiger partial charge in [0.05, 0.1) is 19.4 Å². The first kappa shape index (κ1) is 21.6. The first-order valence-corrected chi connectivity index (χ1v) is 11.2. The fourth-order valence-corrected chi connectivity index (χ4v) is 4.71. The van der Waals surface area contributed by atoms with Crippen molar-refractivity contribution in [1.29, 1.82) is 0 Å². The fourth-order valence-electron chi connectivity index (χ4n) is 4.71. The number of carbonyl (C=O) groups is 2. The number of fused-ring (bicyclic) bond motifs is 3. The molecule has 1 aromatic heterocycles. The van der Waals surface area contributed by atoms with Crippen LogP contribution in [0.1, 0.15) is 19.8 Å². The van der Waals surface area contributed by atoms with Gasteiger partial charge in [-0.1, -0.05) is 0 Å². The normalized spacial score (nSPS) is 23.0. The lowest BCUT2D eigenvalue weighted by atomic mass is 9.91. The van der Waals surface area contributed by atoms with Gasteiger partial charge in [0, 0.05) is 44.1 Å². The summed E-state index contributed by atoms with van der Waals surface area (Å²) in [4.78, 5) is 38.8. The smallest absolute Gasteiger partial charge is 0.318 e. The van der Waals surface area contributed by atoms with Crippen LogP contribution in [0.3, 0.4) is 0 Å². The van der Waals surface area contributed by atoms with Crippen LogP contribution in [-0.2, 0) is 14.3 Å². The fraction of sp³-hybridized carbons (Fsp3) is 0.478. The number of anilines is 3. The zero-order valence-electron chi connectivity index (χ0n) is 18.8. The van der Waals surface area contributed by atoms with Gasteiger partial charge in [0.25, 0.3) is 5.91 Å². The number of benzene rings is 1. The van der Waals surface area contributed by atoms with E-state index in [0.717, 1.165) is 29.9 Å². The minimum atomic E-state index is -0.809. The predicted octanol–water partition coefficient (Wildman–Crippen LogP) is 2.02. The molecule has 0 bridgehead atoms. The molecule has 10 nitrogen and oxygen atoms in total. The molecule has 3 amide bonds. The van der Waals surface area contributed by atoms with Crippen molar-refractivity contribution in [1.82, 2.24) is 15.3 Å². The maximum absolute atomic E-state index is 13.7. The molecule has 2 fully saturated rings. The second-order valence-corrected chi connectivity index (χ2v) is 8.68. The summed E-state index contributed by atoms with van der Waals surface area (Å²) in [6, 6.07) is 7.13. The maximum atomic E-state index is 13.7. The Balaban J connectivity index is 1.53. The highest BCUT2D eigenvalue weighted by molar-refractivity contribution is 6.08. The van der Waals surface area contributed by atoms with Crippen LogP contribution < -0.4 is 20.4 Å². The Labute approximate surface area is 192 Å². The van der Waals surface area contributed by atoms with Crippen LogP contribution in [-0.4, -0.2) is 73.5 Å². The molecule has 0 saturated carbocycles. The van der Waals surface area contributed by atoms with E-state index in [1.165, 1.54) is 0 Å². The molecule has 3 aliphatic rings. The van der Waals surface area contributed by atoms with Crippen LogP contribution in [0.4, 0.5) is 22.0 Å². The Morgan fingerprint density at radius 1 is 1.15 bits per heavy atom. The average molecular weight is 453 g/mol. The Morgan fingerprint density at radius 3 is 2.64 bits per heavy atom. The number of hydrogen-bond acceptors (Lipinski definition) is 7. The summed E-state index contributed by atoms with van der Waals surface area (Å²) in [5.41, 5.74) is 1.43. The third-order valence-corrected chi connectivity index (χ3v) is 6.57. The molecule has 1 aromatic carbocycles. The van der Waals surface area contributed by atoms with Gasteiger partial charge >= 0.3 is 6.03 Å². The summed E-state index contributed by atoms with van der Waals surface area (Å²) in [5.74, 6) is 1.35. The monoisotopic (exact) mass is 452 g/mol. The van der Waals surface area contributed by atoms with Gasteiger partial charge in [-0.15, -0.1) is 0 Å². The second kappa shape index (κ2) is 8.60. The van der Waals surface area contributed by atoms with Crippen LogP contribution in [0.5, 0.6) is 0 Å². The molecule has 174 valence electrons. The molecule has 1 atom stereocenters. The largest absolute Gasteiger partial charge is 0.381 e. The summed E-state index contributed by atoms with van der Waals surface area (Å²) in [6.07, 6.45) is 3.32. The quantitative estimate of drug-likeness (QED) is 0.733. The van der Waals surface area contributed by atoms with Crippen molar-refractivity contribution in [2.75, 3.05) is 55.1 Å². The standard InChI is InChI=1S/C23H28N6O4/c1-23-14-33-12-9-28(23)20-18(29(21(23)30)17-7-10-32-11-8-17)13-25-19(27-20)15-3-5-16(6-4-15)26-22(31)24-2/h3-6,13,17H,7-12,14H2,1-2H3,(H2,24,26,31)/t23-/m1/s1.